The van der Waals surface area contributed by atoms with Crippen LogP contribution >= 0.6 is 27.5 Å². The number of halogens is 2. The highest BCUT2D eigenvalue weighted by Crippen LogP contribution is 2.34. The van der Waals surface area contributed by atoms with Crippen molar-refractivity contribution in [3.63, 3.8) is 0 Å². The van der Waals surface area contributed by atoms with Crippen LogP contribution in [0.4, 0.5) is 5.69 Å². The van der Waals surface area contributed by atoms with Crippen LogP contribution in [0.5, 0.6) is 5.75 Å². The quantitative estimate of drug-likeness (QED) is 0.728. The molecule has 104 valence electrons. The Labute approximate surface area is 124 Å². The highest BCUT2D eigenvalue weighted by Gasteiger charge is 2.17. The van der Waals surface area contributed by atoms with Gasteiger partial charge in [-0.15, -0.1) is 0 Å². The fourth-order valence-corrected chi connectivity index (χ4v) is 2.66. The minimum absolute atomic E-state index is 0.0574. The standard InChI is InChI=1S/C12H14BrClN2O3/c13-7-3-9(14)12(10(17)4-7)16-11(18)6-19-8-1-2-15-5-8/h3-4,8,15,17H,1-2,5-6H2,(H,16,18)/t8-/m0/s1. The molecule has 0 unspecified atom stereocenters. The largest absolute Gasteiger partial charge is 0.506 e. The summed E-state index contributed by atoms with van der Waals surface area (Å²) in [5.74, 6) is -0.429. The summed E-state index contributed by atoms with van der Waals surface area (Å²) in [6.07, 6.45) is 0.970. The maximum absolute atomic E-state index is 11.7. The predicted octanol–water partition coefficient (Wildman–Crippen LogP) is 2.13. The van der Waals surface area contributed by atoms with E-state index < -0.39 is 0 Å². The Balaban J connectivity index is 1.91. The van der Waals surface area contributed by atoms with E-state index >= 15 is 0 Å². The fourth-order valence-electron chi connectivity index (χ4n) is 1.82. The second-order valence-corrected chi connectivity index (χ2v) is 5.58. The van der Waals surface area contributed by atoms with Crippen LogP contribution in [0.3, 0.4) is 0 Å². The van der Waals surface area contributed by atoms with Gasteiger partial charge in [0.1, 0.15) is 18.0 Å². The number of carbonyl (C=O) groups is 1. The molecule has 19 heavy (non-hydrogen) atoms. The molecule has 5 nitrogen and oxygen atoms in total. The number of nitrogens with one attached hydrogen (secondary N) is 2. The first-order chi connectivity index (χ1) is 9.06. The van der Waals surface area contributed by atoms with Gasteiger partial charge in [0.2, 0.25) is 0 Å². The van der Waals surface area contributed by atoms with E-state index in [0.29, 0.717) is 4.47 Å². The lowest BCUT2D eigenvalue weighted by molar-refractivity contribution is -0.122. The van der Waals surface area contributed by atoms with Crippen molar-refractivity contribution in [3.05, 3.63) is 21.6 Å². The molecule has 7 heteroatoms. The zero-order valence-corrected chi connectivity index (χ0v) is 12.4. The zero-order chi connectivity index (χ0) is 13.8. The Morgan fingerprint density at radius 2 is 2.42 bits per heavy atom. The highest BCUT2D eigenvalue weighted by molar-refractivity contribution is 9.10. The van der Waals surface area contributed by atoms with Crippen LogP contribution in [-0.4, -0.2) is 36.8 Å². The van der Waals surface area contributed by atoms with Crippen LogP contribution in [0.1, 0.15) is 6.42 Å². The van der Waals surface area contributed by atoms with Crippen LogP contribution in [0.25, 0.3) is 0 Å². The van der Waals surface area contributed by atoms with Gasteiger partial charge < -0.3 is 20.5 Å². The predicted molar refractivity (Wildman–Crippen MR) is 76.7 cm³/mol. The zero-order valence-electron chi connectivity index (χ0n) is 10.1. The highest BCUT2D eigenvalue weighted by atomic mass is 79.9. The monoisotopic (exact) mass is 348 g/mol. The molecular weight excluding hydrogens is 336 g/mol. The van der Waals surface area contributed by atoms with Gasteiger partial charge in [0.15, 0.2) is 0 Å². The number of rotatable bonds is 4. The summed E-state index contributed by atoms with van der Waals surface area (Å²) >= 11 is 9.15. The summed E-state index contributed by atoms with van der Waals surface area (Å²) in [5, 5.41) is 15.7. The molecule has 1 aliphatic heterocycles. The molecule has 1 saturated heterocycles. The van der Waals surface area contributed by atoms with Crippen LogP contribution in [-0.2, 0) is 9.53 Å². The summed E-state index contributed by atoms with van der Waals surface area (Å²) in [5.41, 5.74) is 0.197. The van der Waals surface area contributed by atoms with Crippen molar-refractivity contribution in [2.24, 2.45) is 0 Å². The normalized spacial score (nSPS) is 18.5. The Bertz CT molecular complexity index is 455. The molecule has 3 N–H and O–H groups in total. The van der Waals surface area contributed by atoms with Gasteiger partial charge >= 0.3 is 0 Å². The number of phenolic OH excluding ortho intramolecular Hbond substituents is 1. The van der Waals surface area contributed by atoms with Gasteiger partial charge in [0, 0.05) is 11.0 Å². The number of ether oxygens (including phenoxy) is 1. The van der Waals surface area contributed by atoms with Gasteiger partial charge in [0.25, 0.3) is 5.91 Å². The second kappa shape index (κ2) is 6.56. The van der Waals surface area contributed by atoms with Crippen LogP contribution < -0.4 is 10.6 Å². The van der Waals surface area contributed by atoms with Crippen molar-refractivity contribution in [1.29, 1.82) is 0 Å². The number of aromatic hydroxyl groups is 1. The number of anilines is 1. The number of hydrogen-bond donors (Lipinski definition) is 3. The topological polar surface area (TPSA) is 70.6 Å². The van der Waals surface area contributed by atoms with E-state index in [0.717, 1.165) is 19.5 Å². The maximum Gasteiger partial charge on any atom is 0.250 e. The van der Waals surface area contributed by atoms with Crippen LogP contribution in [0, 0.1) is 0 Å². The molecule has 0 radical (unpaired) electrons. The van der Waals surface area contributed by atoms with E-state index in [4.69, 9.17) is 16.3 Å². The SMILES string of the molecule is O=C(CO[C@H]1CCNC1)Nc1c(O)cc(Br)cc1Cl. The Hall–Kier alpha value is -0.820. The summed E-state index contributed by atoms with van der Waals surface area (Å²) in [7, 11) is 0. The van der Waals surface area contributed by atoms with Crippen molar-refractivity contribution in [2.45, 2.75) is 12.5 Å². The second-order valence-electron chi connectivity index (χ2n) is 4.26. The third kappa shape index (κ3) is 4.07. The van der Waals surface area contributed by atoms with E-state index in [1.165, 1.54) is 6.07 Å². The molecule has 0 bridgehead atoms. The van der Waals surface area contributed by atoms with Crippen LogP contribution in [0.2, 0.25) is 5.02 Å². The third-order valence-corrected chi connectivity index (χ3v) is 3.52. The van der Waals surface area contributed by atoms with Crippen LogP contribution in [0.15, 0.2) is 16.6 Å². The van der Waals surface area contributed by atoms with Crippen molar-refractivity contribution < 1.29 is 14.6 Å². The Morgan fingerprint density at radius 1 is 1.63 bits per heavy atom. The van der Waals surface area contributed by atoms with Gasteiger partial charge in [-0.05, 0) is 25.1 Å². The minimum atomic E-state index is -0.341. The van der Waals surface area contributed by atoms with E-state index in [1.54, 1.807) is 6.07 Å². The fraction of sp³-hybridized carbons (Fsp3) is 0.417. The number of carbonyl (C=O) groups excluding carboxylic acids is 1. The first-order valence-corrected chi connectivity index (χ1v) is 7.03. The van der Waals surface area contributed by atoms with E-state index in [-0.39, 0.29) is 35.1 Å². The molecule has 0 saturated carbocycles. The molecule has 2 rings (SSSR count). The van der Waals surface area contributed by atoms with Gasteiger partial charge in [-0.1, -0.05) is 27.5 Å². The number of phenols is 1. The molecular formula is C12H14BrClN2O3. The molecule has 1 atom stereocenters. The molecule has 1 amide bonds. The smallest absolute Gasteiger partial charge is 0.250 e. The number of amides is 1. The molecule has 0 spiro atoms. The maximum atomic E-state index is 11.7. The van der Waals surface area contributed by atoms with Crippen molar-refractivity contribution >= 4 is 39.1 Å². The summed E-state index contributed by atoms with van der Waals surface area (Å²) < 4.78 is 6.07. The van der Waals surface area contributed by atoms with Gasteiger partial charge in [-0.25, -0.2) is 0 Å². The van der Waals surface area contributed by atoms with E-state index in [1.807, 2.05) is 0 Å². The lowest BCUT2D eigenvalue weighted by Gasteiger charge is -2.12. The summed E-state index contributed by atoms with van der Waals surface area (Å²) in [4.78, 5) is 11.7. The van der Waals surface area contributed by atoms with Gasteiger partial charge in [-0.2, -0.15) is 0 Å². The lowest BCUT2D eigenvalue weighted by Crippen LogP contribution is -2.24. The van der Waals surface area contributed by atoms with Crippen molar-refractivity contribution in [2.75, 3.05) is 25.0 Å². The first kappa shape index (κ1) is 14.6. The number of benzene rings is 1. The molecule has 1 aromatic carbocycles. The lowest BCUT2D eigenvalue weighted by atomic mass is 10.3. The van der Waals surface area contributed by atoms with Gasteiger partial charge in [-0.3, -0.25) is 4.79 Å². The molecule has 1 heterocycles. The molecule has 1 aliphatic rings. The minimum Gasteiger partial charge on any atom is -0.506 e. The average Bonchev–Trinajstić information content (AvgIpc) is 2.84. The first-order valence-electron chi connectivity index (χ1n) is 5.86. The van der Waals surface area contributed by atoms with Crippen molar-refractivity contribution in [1.82, 2.24) is 5.32 Å². The molecule has 1 aromatic rings. The molecule has 0 aromatic heterocycles. The molecule has 0 aliphatic carbocycles. The van der Waals surface area contributed by atoms with Gasteiger partial charge in [0.05, 0.1) is 11.1 Å². The Morgan fingerprint density at radius 3 is 3.05 bits per heavy atom. The Kier molecular flexibility index (Phi) is 5.04. The third-order valence-electron chi connectivity index (χ3n) is 2.76. The average molecular weight is 350 g/mol. The summed E-state index contributed by atoms with van der Waals surface area (Å²) in [6, 6.07) is 3.06. The van der Waals surface area contributed by atoms with E-state index in [2.05, 4.69) is 26.6 Å². The molecule has 1 fully saturated rings. The van der Waals surface area contributed by atoms with Crippen molar-refractivity contribution in [3.8, 4) is 5.75 Å². The van der Waals surface area contributed by atoms with E-state index in [9.17, 15) is 9.90 Å². The number of hydrogen-bond acceptors (Lipinski definition) is 4. The summed E-state index contributed by atoms with van der Waals surface area (Å²) in [6.45, 7) is 1.61.